The van der Waals surface area contributed by atoms with Crippen molar-refractivity contribution in [3.8, 4) is 0 Å². The third-order valence-corrected chi connectivity index (χ3v) is 5.02. The Morgan fingerprint density at radius 3 is 2.26 bits per heavy atom. The molecular formula is C21H26N2. The van der Waals surface area contributed by atoms with Gasteiger partial charge in [0, 0.05) is 37.9 Å². The first-order valence-corrected chi connectivity index (χ1v) is 8.19. The molecule has 120 valence electrons. The van der Waals surface area contributed by atoms with E-state index in [1.165, 1.54) is 22.5 Å². The van der Waals surface area contributed by atoms with Crippen LogP contribution < -0.4 is 9.80 Å². The molecule has 2 aromatic carbocycles. The Morgan fingerprint density at radius 2 is 1.65 bits per heavy atom. The number of rotatable bonds is 3. The topological polar surface area (TPSA) is 6.48 Å². The number of hydrogen-bond acceptors (Lipinski definition) is 2. The summed E-state index contributed by atoms with van der Waals surface area (Å²) in [4.78, 5) is 4.51. The Balaban J connectivity index is 1.85. The van der Waals surface area contributed by atoms with E-state index in [4.69, 9.17) is 0 Å². The smallest absolute Gasteiger partial charge is 0.0565 e. The molecule has 0 aromatic heterocycles. The second-order valence-electron chi connectivity index (χ2n) is 7.14. The second kappa shape index (κ2) is 5.77. The van der Waals surface area contributed by atoms with Gasteiger partial charge in [0.2, 0.25) is 0 Å². The lowest BCUT2D eigenvalue weighted by atomic mass is 9.80. The van der Waals surface area contributed by atoms with Gasteiger partial charge in [-0.25, -0.2) is 0 Å². The number of benzene rings is 2. The third-order valence-electron chi connectivity index (χ3n) is 5.02. The van der Waals surface area contributed by atoms with Crippen LogP contribution in [0.15, 0.2) is 54.6 Å². The minimum Gasteiger partial charge on any atom is -0.378 e. The van der Waals surface area contributed by atoms with Gasteiger partial charge in [-0.05, 0) is 29.3 Å². The van der Waals surface area contributed by atoms with Crippen LogP contribution >= 0.6 is 0 Å². The van der Waals surface area contributed by atoms with E-state index in [-0.39, 0.29) is 5.41 Å². The van der Waals surface area contributed by atoms with Crippen LogP contribution in [0.4, 0.5) is 11.4 Å². The van der Waals surface area contributed by atoms with Gasteiger partial charge in [0.15, 0.2) is 0 Å². The van der Waals surface area contributed by atoms with E-state index < -0.39 is 0 Å². The quantitative estimate of drug-likeness (QED) is 0.820. The van der Waals surface area contributed by atoms with E-state index in [1.54, 1.807) is 0 Å². The summed E-state index contributed by atoms with van der Waals surface area (Å²) in [5.74, 6) is 0. The monoisotopic (exact) mass is 306 g/mol. The Labute approximate surface area is 140 Å². The summed E-state index contributed by atoms with van der Waals surface area (Å²) >= 11 is 0. The minimum absolute atomic E-state index is 0.116. The molecule has 1 heterocycles. The molecule has 0 N–H and O–H groups in total. The van der Waals surface area contributed by atoms with Crippen LogP contribution in [-0.4, -0.2) is 27.2 Å². The highest BCUT2D eigenvalue weighted by Crippen LogP contribution is 2.44. The van der Waals surface area contributed by atoms with E-state index in [1.807, 2.05) is 0 Å². The summed E-state index contributed by atoms with van der Waals surface area (Å²) in [5.41, 5.74) is 5.37. The van der Waals surface area contributed by atoms with Crippen LogP contribution in [0.5, 0.6) is 0 Å². The molecule has 3 rings (SSSR count). The number of fused-ring (bicyclic) bond motifs is 1. The summed E-state index contributed by atoms with van der Waals surface area (Å²) in [6, 6.07) is 17.8. The van der Waals surface area contributed by atoms with Gasteiger partial charge < -0.3 is 9.80 Å². The lowest BCUT2D eigenvalue weighted by Crippen LogP contribution is -2.37. The van der Waals surface area contributed by atoms with Gasteiger partial charge in [0.1, 0.15) is 0 Å². The van der Waals surface area contributed by atoms with Crippen molar-refractivity contribution in [1.29, 1.82) is 0 Å². The van der Waals surface area contributed by atoms with Crippen LogP contribution in [0, 0.1) is 0 Å². The highest BCUT2D eigenvalue weighted by Gasteiger charge is 2.41. The fourth-order valence-corrected chi connectivity index (χ4v) is 3.57. The van der Waals surface area contributed by atoms with Crippen molar-refractivity contribution < 1.29 is 0 Å². The lowest BCUT2D eigenvalue weighted by Gasteiger charge is -2.29. The molecule has 0 amide bonds. The molecule has 0 spiro atoms. The van der Waals surface area contributed by atoms with Gasteiger partial charge >= 0.3 is 0 Å². The van der Waals surface area contributed by atoms with Crippen molar-refractivity contribution in [3.05, 3.63) is 65.7 Å². The van der Waals surface area contributed by atoms with E-state index in [9.17, 15) is 0 Å². The van der Waals surface area contributed by atoms with Crippen LogP contribution in [0.1, 0.15) is 25.0 Å². The van der Waals surface area contributed by atoms with E-state index in [0.29, 0.717) is 6.04 Å². The van der Waals surface area contributed by atoms with Crippen molar-refractivity contribution in [2.24, 2.45) is 0 Å². The van der Waals surface area contributed by atoms with Crippen molar-refractivity contribution in [3.63, 3.8) is 0 Å². The first-order valence-electron chi connectivity index (χ1n) is 8.19. The van der Waals surface area contributed by atoms with Crippen molar-refractivity contribution >= 4 is 17.5 Å². The lowest BCUT2D eigenvalue weighted by molar-refractivity contribution is 0.489. The highest BCUT2D eigenvalue weighted by molar-refractivity contribution is 5.66. The largest absolute Gasteiger partial charge is 0.378 e. The molecule has 2 nitrogen and oxygen atoms in total. The van der Waals surface area contributed by atoms with Crippen LogP contribution in [-0.2, 0) is 5.41 Å². The first-order chi connectivity index (χ1) is 10.9. The first kappa shape index (κ1) is 15.7. The molecule has 1 aliphatic rings. The normalized spacial score (nSPS) is 19.2. The summed E-state index contributed by atoms with van der Waals surface area (Å²) < 4.78 is 0. The average Bonchev–Trinajstić information content (AvgIpc) is 2.73. The molecule has 0 aliphatic carbocycles. The van der Waals surface area contributed by atoms with Crippen molar-refractivity contribution in [2.45, 2.75) is 25.3 Å². The summed E-state index contributed by atoms with van der Waals surface area (Å²) in [7, 11) is 6.33. The number of para-hydroxylation sites is 1. The standard InChI is InChI=1S/C21H26N2/c1-21(2)18-8-6-7-9-19(18)23(5)20(21)15-12-16-10-13-17(14-11-16)22(3)4/h6-15,20H,1-5H3. The highest BCUT2D eigenvalue weighted by atomic mass is 15.2. The molecule has 0 saturated heterocycles. The zero-order chi connectivity index (χ0) is 16.6. The summed E-state index contributed by atoms with van der Waals surface area (Å²) in [6.45, 7) is 4.67. The number of likely N-dealkylation sites (N-methyl/N-ethyl adjacent to an activating group) is 1. The van der Waals surface area contributed by atoms with Gasteiger partial charge in [-0.3, -0.25) is 0 Å². The van der Waals surface area contributed by atoms with E-state index in [2.05, 4.69) is 105 Å². The molecule has 1 atom stereocenters. The SMILES string of the molecule is CN(C)c1ccc(C=CC2N(C)c3ccccc3C2(C)C)cc1. The van der Waals surface area contributed by atoms with Gasteiger partial charge in [0.25, 0.3) is 0 Å². The molecule has 0 bridgehead atoms. The molecule has 2 aromatic rings. The molecule has 0 saturated carbocycles. The van der Waals surface area contributed by atoms with Crippen LogP contribution in [0.25, 0.3) is 6.08 Å². The molecule has 23 heavy (non-hydrogen) atoms. The number of anilines is 2. The molecule has 2 heteroatoms. The number of nitrogens with zero attached hydrogens (tertiary/aromatic N) is 2. The predicted octanol–water partition coefficient (Wildman–Crippen LogP) is 4.56. The Morgan fingerprint density at radius 1 is 1.00 bits per heavy atom. The van der Waals surface area contributed by atoms with Crippen LogP contribution in [0.3, 0.4) is 0 Å². The maximum atomic E-state index is 2.39. The fraction of sp³-hybridized carbons (Fsp3) is 0.333. The number of hydrogen-bond donors (Lipinski definition) is 0. The zero-order valence-electron chi connectivity index (χ0n) is 14.7. The Hall–Kier alpha value is -2.22. The Bertz CT molecular complexity index is 711. The third kappa shape index (κ3) is 2.74. The van der Waals surface area contributed by atoms with Gasteiger partial charge in [-0.15, -0.1) is 0 Å². The fourth-order valence-electron chi connectivity index (χ4n) is 3.57. The maximum absolute atomic E-state index is 2.39. The molecule has 1 aliphatic heterocycles. The predicted molar refractivity (Wildman–Crippen MR) is 101 cm³/mol. The molecule has 0 fully saturated rings. The Kier molecular flexibility index (Phi) is 3.93. The minimum atomic E-state index is 0.116. The van der Waals surface area contributed by atoms with Crippen molar-refractivity contribution in [2.75, 3.05) is 30.9 Å². The zero-order valence-corrected chi connectivity index (χ0v) is 14.7. The van der Waals surface area contributed by atoms with Gasteiger partial charge in [0.05, 0.1) is 6.04 Å². The van der Waals surface area contributed by atoms with Crippen molar-refractivity contribution in [1.82, 2.24) is 0 Å². The molecule has 1 unspecified atom stereocenters. The average molecular weight is 306 g/mol. The maximum Gasteiger partial charge on any atom is 0.0565 e. The van der Waals surface area contributed by atoms with Crippen LogP contribution in [0.2, 0.25) is 0 Å². The molecule has 0 radical (unpaired) electrons. The van der Waals surface area contributed by atoms with Gasteiger partial charge in [-0.1, -0.05) is 56.3 Å². The van der Waals surface area contributed by atoms with Gasteiger partial charge in [-0.2, -0.15) is 0 Å². The summed E-state index contributed by atoms with van der Waals surface area (Å²) in [6.07, 6.45) is 4.58. The second-order valence-corrected chi connectivity index (χ2v) is 7.14. The van der Waals surface area contributed by atoms with E-state index >= 15 is 0 Å². The summed E-state index contributed by atoms with van der Waals surface area (Å²) in [5, 5.41) is 0. The van der Waals surface area contributed by atoms with E-state index in [0.717, 1.165) is 0 Å². The molecular weight excluding hydrogens is 280 g/mol.